The first kappa shape index (κ1) is 22.7. The summed E-state index contributed by atoms with van der Waals surface area (Å²) in [7, 11) is 4.69. The molecule has 0 saturated carbocycles. The van der Waals surface area contributed by atoms with Crippen LogP contribution in [0.5, 0.6) is 17.2 Å². The van der Waals surface area contributed by atoms with Gasteiger partial charge in [-0.3, -0.25) is 4.79 Å². The lowest BCUT2D eigenvalue weighted by Gasteiger charge is -2.36. The van der Waals surface area contributed by atoms with Gasteiger partial charge in [0.25, 0.3) is 0 Å². The van der Waals surface area contributed by atoms with Crippen molar-refractivity contribution in [3.05, 3.63) is 65.5 Å². The van der Waals surface area contributed by atoms with Crippen LogP contribution in [0.2, 0.25) is 0 Å². The minimum absolute atomic E-state index is 0.0318. The van der Waals surface area contributed by atoms with Crippen LogP contribution in [-0.4, -0.2) is 37.0 Å². The molecule has 174 valence electrons. The fourth-order valence-corrected chi connectivity index (χ4v) is 4.63. The first-order valence-corrected chi connectivity index (χ1v) is 11.1. The minimum Gasteiger partial charge on any atom is -0.493 e. The molecule has 1 aliphatic rings. The van der Waals surface area contributed by atoms with Crippen molar-refractivity contribution < 1.29 is 19.0 Å². The van der Waals surface area contributed by atoms with E-state index in [4.69, 9.17) is 14.2 Å². The van der Waals surface area contributed by atoms with E-state index in [1.807, 2.05) is 53.3 Å². The van der Waals surface area contributed by atoms with E-state index in [1.165, 1.54) is 0 Å². The Morgan fingerprint density at radius 1 is 1.09 bits per heavy atom. The molecule has 0 radical (unpaired) electrons. The number of hydrogen-bond acceptors (Lipinski definition) is 5. The molecular formula is C26H31N3O4. The Morgan fingerprint density at radius 3 is 2.36 bits per heavy atom. The average molecular weight is 450 g/mol. The molecule has 1 aliphatic carbocycles. The Labute approximate surface area is 194 Å². The highest BCUT2D eigenvalue weighted by Crippen LogP contribution is 2.42. The van der Waals surface area contributed by atoms with Crippen LogP contribution in [0.3, 0.4) is 0 Å². The molecule has 4 rings (SSSR count). The number of amides is 1. The largest absolute Gasteiger partial charge is 0.493 e. The number of fused-ring (bicyclic) bond motifs is 1. The highest BCUT2D eigenvalue weighted by molar-refractivity contribution is 5.79. The van der Waals surface area contributed by atoms with Crippen molar-refractivity contribution in [1.82, 2.24) is 15.1 Å². The van der Waals surface area contributed by atoms with Gasteiger partial charge in [0.15, 0.2) is 11.5 Å². The third kappa shape index (κ3) is 4.67. The van der Waals surface area contributed by atoms with Crippen LogP contribution in [0, 0.1) is 5.41 Å². The van der Waals surface area contributed by atoms with Crippen LogP contribution in [0.15, 0.2) is 48.7 Å². The highest BCUT2D eigenvalue weighted by atomic mass is 16.5. The second kappa shape index (κ2) is 9.17. The van der Waals surface area contributed by atoms with Crippen molar-refractivity contribution in [3.63, 3.8) is 0 Å². The highest BCUT2D eigenvalue weighted by Gasteiger charge is 2.36. The quantitative estimate of drug-likeness (QED) is 0.583. The Kier molecular flexibility index (Phi) is 6.31. The number of rotatable bonds is 7. The molecule has 1 N–H and O–H groups in total. The maximum Gasteiger partial charge on any atom is 0.224 e. The molecule has 0 spiro atoms. The number of nitrogens with zero attached hydrogens (tertiary/aromatic N) is 2. The molecule has 7 nitrogen and oxygen atoms in total. The summed E-state index contributed by atoms with van der Waals surface area (Å²) in [6, 6.07) is 13.6. The zero-order valence-corrected chi connectivity index (χ0v) is 19.8. The molecule has 1 heterocycles. The molecule has 33 heavy (non-hydrogen) atoms. The van der Waals surface area contributed by atoms with Crippen LogP contribution in [-0.2, 0) is 17.6 Å². The molecule has 3 aromatic rings. The van der Waals surface area contributed by atoms with E-state index in [0.29, 0.717) is 17.2 Å². The molecule has 2 aromatic carbocycles. The van der Waals surface area contributed by atoms with E-state index >= 15 is 0 Å². The van der Waals surface area contributed by atoms with Crippen molar-refractivity contribution in [2.75, 3.05) is 21.3 Å². The molecule has 0 saturated heterocycles. The van der Waals surface area contributed by atoms with Gasteiger partial charge in [-0.25, -0.2) is 4.68 Å². The number of benzene rings is 2. The lowest BCUT2D eigenvalue weighted by atomic mass is 9.74. The summed E-state index contributed by atoms with van der Waals surface area (Å²) in [5, 5.41) is 7.90. The Hall–Kier alpha value is -3.48. The normalized spacial score (nSPS) is 16.6. The Balaban J connectivity index is 1.58. The van der Waals surface area contributed by atoms with Crippen molar-refractivity contribution in [3.8, 4) is 22.9 Å². The fraction of sp³-hybridized carbons (Fsp3) is 0.385. The standard InChI is InChI=1S/C26H31N3O4/c1-26(2)14-20(19-16-27-29(21(19)15-26)18-9-7-6-8-10-18)28-24(30)13-17-11-22(31-3)25(33-5)23(12-17)32-4/h6-12,16,20H,13-15H2,1-5H3,(H,28,30). The lowest BCUT2D eigenvalue weighted by Crippen LogP contribution is -2.37. The summed E-state index contributed by atoms with van der Waals surface area (Å²) < 4.78 is 18.2. The monoisotopic (exact) mass is 449 g/mol. The first-order valence-electron chi connectivity index (χ1n) is 11.1. The van der Waals surface area contributed by atoms with Gasteiger partial charge in [-0.15, -0.1) is 0 Å². The van der Waals surface area contributed by atoms with Crippen LogP contribution < -0.4 is 19.5 Å². The Morgan fingerprint density at radius 2 is 1.76 bits per heavy atom. The predicted octanol–water partition coefficient (Wildman–Crippen LogP) is 4.27. The van der Waals surface area contributed by atoms with Gasteiger partial charge in [-0.1, -0.05) is 32.0 Å². The maximum absolute atomic E-state index is 13.1. The van der Waals surface area contributed by atoms with Crippen LogP contribution >= 0.6 is 0 Å². The van der Waals surface area contributed by atoms with Gasteiger partial charge in [-0.05, 0) is 48.1 Å². The molecule has 1 atom stereocenters. The summed E-state index contributed by atoms with van der Waals surface area (Å²) in [5.74, 6) is 1.51. The molecule has 1 amide bonds. The summed E-state index contributed by atoms with van der Waals surface area (Å²) in [5.41, 5.74) is 4.08. The summed E-state index contributed by atoms with van der Waals surface area (Å²) in [6.07, 6.45) is 3.84. The van der Waals surface area contributed by atoms with E-state index < -0.39 is 0 Å². The molecule has 0 fully saturated rings. The van der Waals surface area contributed by atoms with Gasteiger partial charge in [0.05, 0.1) is 51.4 Å². The number of carbonyl (C=O) groups is 1. The number of methoxy groups -OCH3 is 3. The smallest absolute Gasteiger partial charge is 0.224 e. The summed E-state index contributed by atoms with van der Waals surface area (Å²) >= 11 is 0. The molecule has 1 unspecified atom stereocenters. The van der Waals surface area contributed by atoms with Gasteiger partial charge in [-0.2, -0.15) is 5.10 Å². The average Bonchev–Trinajstić information content (AvgIpc) is 3.21. The SMILES string of the molecule is COc1cc(CC(=O)NC2CC(C)(C)Cc3c2cnn3-c2ccccc2)cc(OC)c1OC. The van der Waals surface area contributed by atoms with Gasteiger partial charge in [0.2, 0.25) is 11.7 Å². The predicted molar refractivity (Wildman–Crippen MR) is 126 cm³/mol. The fourth-order valence-electron chi connectivity index (χ4n) is 4.63. The topological polar surface area (TPSA) is 74.6 Å². The summed E-state index contributed by atoms with van der Waals surface area (Å²) in [4.78, 5) is 13.1. The van der Waals surface area contributed by atoms with Crippen molar-refractivity contribution >= 4 is 5.91 Å². The molecule has 1 aromatic heterocycles. The number of para-hydroxylation sites is 1. The van der Waals surface area contributed by atoms with Gasteiger partial charge in [0, 0.05) is 5.56 Å². The second-order valence-electron chi connectivity index (χ2n) is 9.17. The molecule has 7 heteroatoms. The van der Waals surface area contributed by atoms with E-state index in [-0.39, 0.29) is 23.8 Å². The van der Waals surface area contributed by atoms with Crippen molar-refractivity contribution in [2.24, 2.45) is 5.41 Å². The maximum atomic E-state index is 13.1. The Bertz CT molecular complexity index is 1110. The van der Waals surface area contributed by atoms with Crippen molar-refractivity contribution in [1.29, 1.82) is 0 Å². The molecule has 0 aliphatic heterocycles. The van der Waals surface area contributed by atoms with Crippen LogP contribution in [0.25, 0.3) is 5.69 Å². The third-order valence-electron chi connectivity index (χ3n) is 6.10. The van der Waals surface area contributed by atoms with E-state index in [2.05, 4.69) is 24.3 Å². The number of carbonyl (C=O) groups excluding carboxylic acids is 1. The second-order valence-corrected chi connectivity index (χ2v) is 9.17. The minimum atomic E-state index is -0.101. The zero-order valence-electron chi connectivity index (χ0n) is 19.8. The van der Waals surface area contributed by atoms with E-state index in [9.17, 15) is 4.79 Å². The number of nitrogens with one attached hydrogen (secondary N) is 1. The first-order chi connectivity index (χ1) is 15.8. The van der Waals surface area contributed by atoms with Crippen molar-refractivity contribution in [2.45, 2.75) is 39.2 Å². The number of hydrogen-bond donors (Lipinski definition) is 1. The molecular weight excluding hydrogens is 418 g/mol. The van der Waals surface area contributed by atoms with Crippen LogP contribution in [0.1, 0.15) is 43.1 Å². The zero-order chi connectivity index (χ0) is 23.6. The van der Waals surface area contributed by atoms with Crippen LogP contribution in [0.4, 0.5) is 0 Å². The summed E-state index contributed by atoms with van der Waals surface area (Å²) in [6.45, 7) is 4.47. The number of ether oxygens (including phenoxy) is 3. The lowest BCUT2D eigenvalue weighted by molar-refractivity contribution is -0.121. The van der Waals surface area contributed by atoms with E-state index in [0.717, 1.165) is 35.3 Å². The molecule has 0 bridgehead atoms. The van der Waals surface area contributed by atoms with Gasteiger partial charge < -0.3 is 19.5 Å². The number of aromatic nitrogens is 2. The van der Waals surface area contributed by atoms with Gasteiger partial charge >= 0.3 is 0 Å². The van der Waals surface area contributed by atoms with E-state index in [1.54, 1.807) is 21.3 Å². The third-order valence-corrected chi connectivity index (χ3v) is 6.10. The van der Waals surface area contributed by atoms with Gasteiger partial charge in [0.1, 0.15) is 0 Å².